The number of hydrogen-bond acceptors (Lipinski definition) is 3. The molecule has 0 radical (unpaired) electrons. The molecule has 1 aromatic rings. The molecule has 1 aromatic carbocycles. The van der Waals surface area contributed by atoms with Crippen molar-refractivity contribution in [2.75, 3.05) is 7.11 Å². The molecule has 1 saturated carbocycles. The second-order valence-electron chi connectivity index (χ2n) is 4.07. The lowest BCUT2D eigenvalue weighted by molar-refractivity contribution is 0.364. The Bertz CT molecular complexity index is 414. The summed E-state index contributed by atoms with van der Waals surface area (Å²) in [4.78, 5) is 0. The topological polar surface area (TPSA) is 55.5 Å². The van der Waals surface area contributed by atoms with E-state index >= 15 is 0 Å². The molecule has 82 valence electrons. The van der Waals surface area contributed by atoms with Crippen LogP contribution in [0.4, 0.5) is 0 Å². The second-order valence-corrected chi connectivity index (χ2v) is 4.92. The Morgan fingerprint density at radius 2 is 2.13 bits per heavy atom. The van der Waals surface area contributed by atoms with Crippen LogP contribution < -0.4 is 10.5 Å². The third-order valence-corrected chi connectivity index (χ3v) is 3.77. The van der Waals surface area contributed by atoms with E-state index in [2.05, 4.69) is 15.9 Å². The Morgan fingerprint density at radius 1 is 1.53 bits per heavy atom. The maximum absolute atomic E-state index is 9.78. The molecule has 0 aromatic heterocycles. The zero-order chi connectivity index (χ0) is 11.2. The maximum atomic E-state index is 9.78. The summed E-state index contributed by atoms with van der Waals surface area (Å²) in [5.74, 6) is 0.650. The number of methoxy groups -OCH3 is 1. The fourth-order valence-corrected chi connectivity index (χ4v) is 2.32. The summed E-state index contributed by atoms with van der Waals surface area (Å²) in [7, 11) is 1.55. The Morgan fingerprint density at radius 3 is 2.60 bits per heavy atom. The summed E-state index contributed by atoms with van der Waals surface area (Å²) in [6, 6.07) is 1.64. The molecule has 0 aliphatic heterocycles. The molecule has 0 spiro atoms. The molecule has 0 atom stereocenters. The molecule has 4 heteroatoms. The summed E-state index contributed by atoms with van der Waals surface area (Å²) in [5, 5.41) is 9.78. The first-order valence-corrected chi connectivity index (χ1v) is 5.64. The molecule has 3 N–H and O–H groups in total. The molecule has 0 saturated heterocycles. The van der Waals surface area contributed by atoms with Gasteiger partial charge in [-0.3, -0.25) is 0 Å². The van der Waals surface area contributed by atoms with E-state index in [1.165, 1.54) is 0 Å². The molecule has 0 amide bonds. The number of phenolic OH excluding ortho intramolecular Hbond substituents is 1. The molecular formula is C11H14BrNO2. The quantitative estimate of drug-likeness (QED) is 0.869. The maximum Gasteiger partial charge on any atom is 0.165 e. The minimum atomic E-state index is -0.309. The predicted molar refractivity (Wildman–Crippen MR) is 62.2 cm³/mol. The van der Waals surface area contributed by atoms with Gasteiger partial charge in [-0.25, -0.2) is 0 Å². The minimum absolute atomic E-state index is 0.140. The molecule has 3 nitrogen and oxygen atoms in total. The van der Waals surface area contributed by atoms with Crippen molar-refractivity contribution in [2.45, 2.75) is 25.3 Å². The monoisotopic (exact) mass is 271 g/mol. The van der Waals surface area contributed by atoms with Gasteiger partial charge in [0.05, 0.1) is 7.11 Å². The van der Waals surface area contributed by atoms with Crippen LogP contribution in [0.5, 0.6) is 11.5 Å². The van der Waals surface area contributed by atoms with Crippen LogP contribution in [0, 0.1) is 6.92 Å². The first-order chi connectivity index (χ1) is 6.99. The number of aromatic hydroxyl groups is 1. The largest absolute Gasteiger partial charge is 0.504 e. The fraction of sp³-hybridized carbons (Fsp3) is 0.455. The van der Waals surface area contributed by atoms with E-state index in [0.717, 1.165) is 28.4 Å². The molecule has 1 aliphatic carbocycles. The van der Waals surface area contributed by atoms with Crippen LogP contribution in [0.2, 0.25) is 0 Å². The van der Waals surface area contributed by atoms with E-state index in [-0.39, 0.29) is 11.3 Å². The Hall–Kier alpha value is -0.740. The van der Waals surface area contributed by atoms with Gasteiger partial charge in [-0.05, 0) is 31.4 Å². The molecule has 2 rings (SSSR count). The van der Waals surface area contributed by atoms with Gasteiger partial charge >= 0.3 is 0 Å². The number of phenols is 1. The number of halogens is 1. The van der Waals surface area contributed by atoms with E-state index in [1.807, 2.05) is 6.92 Å². The first-order valence-electron chi connectivity index (χ1n) is 4.85. The van der Waals surface area contributed by atoms with E-state index in [9.17, 15) is 5.11 Å². The SMILES string of the molecule is COc1c(O)cc(Br)c(C)c1C1(N)CC1. The van der Waals surface area contributed by atoms with Gasteiger partial charge in [0.1, 0.15) is 0 Å². The standard InChI is InChI=1S/C11H14BrNO2/c1-6-7(12)5-8(14)10(15-2)9(6)11(13)3-4-11/h5,14H,3-4,13H2,1-2H3. The van der Waals surface area contributed by atoms with Crippen LogP contribution in [-0.2, 0) is 5.54 Å². The van der Waals surface area contributed by atoms with E-state index < -0.39 is 0 Å². The van der Waals surface area contributed by atoms with Crippen LogP contribution in [0.15, 0.2) is 10.5 Å². The van der Waals surface area contributed by atoms with Crippen molar-refractivity contribution < 1.29 is 9.84 Å². The van der Waals surface area contributed by atoms with E-state index in [1.54, 1.807) is 13.2 Å². The highest BCUT2D eigenvalue weighted by Gasteiger charge is 2.44. The molecular weight excluding hydrogens is 258 g/mol. The van der Waals surface area contributed by atoms with Crippen molar-refractivity contribution in [3.05, 3.63) is 21.7 Å². The van der Waals surface area contributed by atoms with Crippen molar-refractivity contribution in [1.82, 2.24) is 0 Å². The van der Waals surface area contributed by atoms with Gasteiger partial charge in [-0.1, -0.05) is 15.9 Å². The number of benzene rings is 1. The zero-order valence-electron chi connectivity index (χ0n) is 8.80. The van der Waals surface area contributed by atoms with Gasteiger partial charge in [-0.15, -0.1) is 0 Å². The third-order valence-electron chi connectivity index (χ3n) is 2.95. The summed E-state index contributed by atoms with van der Waals surface area (Å²) in [5.41, 5.74) is 7.84. The second kappa shape index (κ2) is 3.39. The van der Waals surface area contributed by atoms with Gasteiger partial charge < -0.3 is 15.6 Å². The van der Waals surface area contributed by atoms with Crippen molar-refractivity contribution in [1.29, 1.82) is 0 Å². The van der Waals surface area contributed by atoms with Crippen LogP contribution in [0.1, 0.15) is 24.0 Å². The summed E-state index contributed by atoms with van der Waals surface area (Å²) >= 11 is 3.41. The lowest BCUT2D eigenvalue weighted by Gasteiger charge is -2.19. The predicted octanol–water partition coefficient (Wildman–Crippen LogP) is 2.42. The fourth-order valence-electron chi connectivity index (χ4n) is 1.90. The molecule has 0 bridgehead atoms. The summed E-state index contributed by atoms with van der Waals surface area (Å²) in [6.45, 7) is 1.98. The summed E-state index contributed by atoms with van der Waals surface area (Å²) in [6.07, 6.45) is 1.89. The van der Waals surface area contributed by atoms with Crippen molar-refractivity contribution >= 4 is 15.9 Å². The number of rotatable bonds is 2. The minimum Gasteiger partial charge on any atom is -0.504 e. The molecule has 0 unspecified atom stereocenters. The molecule has 1 aliphatic rings. The van der Waals surface area contributed by atoms with Gasteiger partial charge in [0.15, 0.2) is 11.5 Å². The zero-order valence-corrected chi connectivity index (χ0v) is 10.4. The highest BCUT2D eigenvalue weighted by molar-refractivity contribution is 9.10. The van der Waals surface area contributed by atoms with Gasteiger partial charge in [0.2, 0.25) is 0 Å². The van der Waals surface area contributed by atoms with E-state index in [4.69, 9.17) is 10.5 Å². The normalized spacial score (nSPS) is 17.6. The van der Waals surface area contributed by atoms with Crippen molar-refractivity contribution in [3.63, 3.8) is 0 Å². The van der Waals surface area contributed by atoms with Gasteiger partial charge in [0.25, 0.3) is 0 Å². The van der Waals surface area contributed by atoms with Crippen LogP contribution in [-0.4, -0.2) is 12.2 Å². The Kier molecular flexibility index (Phi) is 2.43. The van der Waals surface area contributed by atoms with Crippen molar-refractivity contribution in [2.24, 2.45) is 5.73 Å². The molecule has 15 heavy (non-hydrogen) atoms. The van der Waals surface area contributed by atoms with Gasteiger partial charge in [-0.2, -0.15) is 0 Å². The Labute approximate surface area is 97.4 Å². The van der Waals surface area contributed by atoms with E-state index in [0.29, 0.717) is 5.75 Å². The lowest BCUT2D eigenvalue weighted by Crippen LogP contribution is -2.21. The lowest BCUT2D eigenvalue weighted by atomic mass is 9.98. The number of ether oxygens (including phenoxy) is 1. The Balaban J connectivity index is 2.68. The average molecular weight is 272 g/mol. The highest BCUT2D eigenvalue weighted by Crippen LogP contribution is 2.51. The summed E-state index contributed by atoms with van der Waals surface area (Å²) < 4.78 is 6.10. The number of hydrogen-bond donors (Lipinski definition) is 2. The van der Waals surface area contributed by atoms with Crippen LogP contribution in [0.3, 0.4) is 0 Å². The smallest absolute Gasteiger partial charge is 0.165 e. The highest BCUT2D eigenvalue weighted by atomic mass is 79.9. The van der Waals surface area contributed by atoms with Crippen LogP contribution >= 0.6 is 15.9 Å². The van der Waals surface area contributed by atoms with Crippen LogP contribution in [0.25, 0.3) is 0 Å². The molecule has 1 fully saturated rings. The third kappa shape index (κ3) is 1.62. The van der Waals surface area contributed by atoms with Gasteiger partial charge in [0, 0.05) is 15.6 Å². The average Bonchev–Trinajstić information content (AvgIpc) is 2.90. The number of nitrogens with two attached hydrogens (primary N) is 1. The van der Waals surface area contributed by atoms with Crippen molar-refractivity contribution in [3.8, 4) is 11.5 Å². The first kappa shape index (κ1) is 10.8. The molecule has 0 heterocycles.